The third-order valence-electron chi connectivity index (χ3n) is 10.5. The second-order valence-electron chi connectivity index (χ2n) is 14.1. The van der Waals surface area contributed by atoms with Gasteiger partial charge in [0.15, 0.2) is 0 Å². The number of benzene rings is 6. The lowest BCUT2D eigenvalue weighted by atomic mass is 10.0. The average Bonchev–Trinajstić information content (AvgIpc) is 3.69. The Bertz CT molecular complexity index is 2300. The van der Waals surface area contributed by atoms with Crippen LogP contribution in [-0.2, 0) is 6.54 Å². The molecule has 0 spiro atoms. The van der Waals surface area contributed by atoms with Crippen LogP contribution in [0, 0.1) is 0 Å². The standard InChI is InChI=1S/C49H47N3/c1-2-3-4-5-6-7-8-18-33-51-48-26-17-16-25-45(48)47-35-38(29-32-49(47)51)36-50-52(39-19-10-9-11-20-39)40-30-27-37(28-31-40)34-46-43-23-14-12-21-41(43)42-22-13-15-24-44(42)46/h9-17,19-32,34-36H,2-8,18,33H2,1H3. The fourth-order valence-corrected chi connectivity index (χ4v) is 7.86. The van der Waals surface area contributed by atoms with Gasteiger partial charge in [-0.15, -0.1) is 0 Å². The van der Waals surface area contributed by atoms with E-state index >= 15 is 0 Å². The fourth-order valence-electron chi connectivity index (χ4n) is 7.86. The number of hydrogen-bond acceptors (Lipinski definition) is 2. The molecule has 0 atom stereocenters. The molecule has 0 bridgehead atoms. The molecule has 8 rings (SSSR count). The summed E-state index contributed by atoms with van der Waals surface area (Å²) in [5, 5.41) is 9.74. The topological polar surface area (TPSA) is 20.5 Å². The normalized spacial score (nSPS) is 12.1. The van der Waals surface area contributed by atoms with Crippen LogP contribution in [0.4, 0.5) is 11.4 Å². The number of hydrogen-bond donors (Lipinski definition) is 0. The van der Waals surface area contributed by atoms with Gasteiger partial charge in [0, 0.05) is 28.4 Å². The van der Waals surface area contributed by atoms with Gasteiger partial charge in [-0.3, -0.25) is 0 Å². The van der Waals surface area contributed by atoms with Gasteiger partial charge in [-0.05, 0) is 93.9 Å². The molecule has 7 aromatic rings. The van der Waals surface area contributed by atoms with Crippen LogP contribution >= 0.6 is 0 Å². The molecule has 3 nitrogen and oxygen atoms in total. The molecule has 0 saturated heterocycles. The molecule has 6 aromatic carbocycles. The summed E-state index contributed by atoms with van der Waals surface area (Å²) in [6, 6.07) is 52.2. The zero-order valence-electron chi connectivity index (χ0n) is 30.2. The van der Waals surface area contributed by atoms with E-state index in [-0.39, 0.29) is 0 Å². The van der Waals surface area contributed by atoms with Crippen LogP contribution in [0.15, 0.2) is 151 Å². The van der Waals surface area contributed by atoms with Crippen LogP contribution in [0.25, 0.3) is 44.6 Å². The van der Waals surface area contributed by atoms with Crippen molar-refractivity contribution in [3.8, 4) is 11.1 Å². The Morgan fingerprint density at radius 1 is 0.500 bits per heavy atom. The Morgan fingerprint density at radius 3 is 1.77 bits per heavy atom. The summed E-state index contributed by atoms with van der Waals surface area (Å²) in [7, 11) is 0. The number of anilines is 2. The van der Waals surface area contributed by atoms with Crippen LogP contribution < -0.4 is 5.01 Å². The van der Waals surface area contributed by atoms with Gasteiger partial charge in [0.2, 0.25) is 0 Å². The number of unbranched alkanes of at least 4 members (excludes halogenated alkanes) is 7. The zero-order valence-corrected chi connectivity index (χ0v) is 30.2. The molecule has 1 aliphatic rings. The molecule has 0 radical (unpaired) electrons. The highest BCUT2D eigenvalue weighted by Gasteiger charge is 2.22. The van der Waals surface area contributed by atoms with Crippen molar-refractivity contribution in [1.82, 2.24) is 4.57 Å². The van der Waals surface area contributed by atoms with Gasteiger partial charge in [0.1, 0.15) is 0 Å². The van der Waals surface area contributed by atoms with E-state index in [4.69, 9.17) is 5.10 Å². The van der Waals surface area contributed by atoms with Crippen LogP contribution in [0.1, 0.15) is 80.5 Å². The molecule has 0 amide bonds. The summed E-state index contributed by atoms with van der Waals surface area (Å²) < 4.78 is 2.53. The molecule has 3 heteroatoms. The zero-order chi connectivity index (χ0) is 35.1. The number of nitrogens with zero attached hydrogens (tertiary/aromatic N) is 3. The van der Waals surface area contributed by atoms with Crippen LogP contribution in [0.2, 0.25) is 0 Å². The summed E-state index contributed by atoms with van der Waals surface area (Å²) in [5.41, 5.74) is 13.4. The van der Waals surface area contributed by atoms with E-state index in [9.17, 15) is 0 Å². The van der Waals surface area contributed by atoms with Crippen molar-refractivity contribution in [3.05, 3.63) is 168 Å². The van der Waals surface area contributed by atoms with Gasteiger partial charge >= 0.3 is 0 Å². The maximum absolute atomic E-state index is 5.10. The van der Waals surface area contributed by atoms with Crippen molar-refractivity contribution >= 4 is 51.0 Å². The van der Waals surface area contributed by atoms with Crippen LogP contribution in [-0.4, -0.2) is 10.8 Å². The summed E-state index contributed by atoms with van der Waals surface area (Å²) >= 11 is 0. The molecule has 1 aliphatic carbocycles. The number of hydrazone groups is 1. The summed E-state index contributed by atoms with van der Waals surface area (Å²) in [5.74, 6) is 0. The third-order valence-corrected chi connectivity index (χ3v) is 10.5. The average molecular weight is 678 g/mol. The Balaban J connectivity index is 1.05. The minimum absolute atomic E-state index is 1.01. The first-order chi connectivity index (χ1) is 25.8. The summed E-state index contributed by atoms with van der Waals surface area (Å²) in [6.07, 6.45) is 15.0. The molecule has 1 aromatic heterocycles. The van der Waals surface area contributed by atoms with Crippen molar-refractivity contribution in [2.75, 3.05) is 5.01 Å². The number of rotatable bonds is 14. The lowest BCUT2D eigenvalue weighted by Crippen LogP contribution is -2.09. The van der Waals surface area contributed by atoms with Crippen LogP contribution in [0.3, 0.4) is 0 Å². The van der Waals surface area contributed by atoms with Crippen LogP contribution in [0.5, 0.6) is 0 Å². The molecule has 258 valence electrons. The van der Waals surface area contributed by atoms with Gasteiger partial charge in [0.25, 0.3) is 0 Å². The van der Waals surface area contributed by atoms with Crippen molar-refractivity contribution in [1.29, 1.82) is 0 Å². The van der Waals surface area contributed by atoms with Gasteiger partial charge in [0.05, 0.1) is 17.6 Å². The third kappa shape index (κ3) is 6.96. The first-order valence-electron chi connectivity index (χ1n) is 19.2. The predicted molar refractivity (Wildman–Crippen MR) is 224 cm³/mol. The van der Waals surface area contributed by atoms with E-state index in [1.54, 1.807) is 0 Å². The SMILES string of the molecule is CCCCCCCCCCn1c2ccccc2c2cc(C=NN(c3ccccc3)c3ccc(C=C4c5ccccc5-c5ccccc54)cc3)ccc21. The fraction of sp³-hybridized carbons (Fsp3) is 0.204. The molecule has 1 heterocycles. The van der Waals surface area contributed by atoms with E-state index in [2.05, 4.69) is 163 Å². The van der Waals surface area contributed by atoms with Crippen molar-refractivity contribution in [2.24, 2.45) is 5.10 Å². The Labute approximate surface area is 308 Å². The summed E-state index contributed by atoms with van der Waals surface area (Å²) in [6.45, 7) is 3.34. The Hall–Kier alpha value is -5.67. The molecule has 0 N–H and O–H groups in total. The highest BCUT2D eigenvalue weighted by molar-refractivity contribution is 6.10. The molecular weight excluding hydrogens is 631 g/mol. The monoisotopic (exact) mass is 677 g/mol. The first-order valence-corrected chi connectivity index (χ1v) is 19.2. The quantitative estimate of drug-likeness (QED) is 0.0637. The largest absolute Gasteiger partial charge is 0.340 e. The van der Waals surface area contributed by atoms with Crippen molar-refractivity contribution in [2.45, 2.75) is 64.8 Å². The number of aryl methyl sites for hydroxylation is 1. The minimum Gasteiger partial charge on any atom is -0.340 e. The van der Waals surface area contributed by atoms with E-state index in [1.807, 2.05) is 11.2 Å². The Morgan fingerprint density at radius 2 is 1.06 bits per heavy atom. The van der Waals surface area contributed by atoms with E-state index in [0.717, 1.165) is 29.0 Å². The number of para-hydroxylation sites is 2. The van der Waals surface area contributed by atoms with Gasteiger partial charge in [-0.1, -0.05) is 155 Å². The minimum atomic E-state index is 1.01. The molecule has 0 unspecified atom stereocenters. The molecular formula is C49H47N3. The van der Waals surface area contributed by atoms with Crippen molar-refractivity contribution < 1.29 is 0 Å². The predicted octanol–water partition coefficient (Wildman–Crippen LogP) is 13.7. The summed E-state index contributed by atoms with van der Waals surface area (Å²) in [4.78, 5) is 0. The smallest absolute Gasteiger partial charge is 0.0653 e. The van der Waals surface area contributed by atoms with Gasteiger partial charge < -0.3 is 4.57 Å². The first kappa shape index (κ1) is 33.5. The number of fused-ring (bicyclic) bond motifs is 6. The van der Waals surface area contributed by atoms with Gasteiger partial charge in [-0.2, -0.15) is 5.10 Å². The highest BCUT2D eigenvalue weighted by atomic mass is 15.5. The second kappa shape index (κ2) is 15.7. The maximum atomic E-state index is 5.10. The maximum Gasteiger partial charge on any atom is 0.0653 e. The van der Waals surface area contributed by atoms with E-state index < -0.39 is 0 Å². The molecule has 0 saturated carbocycles. The van der Waals surface area contributed by atoms with Gasteiger partial charge in [-0.25, -0.2) is 5.01 Å². The molecule has 0 aliphatic heterocycles. The molecule has 52 heavy (non-hydrogen) atoms. The van der Waals surface area contributed by atoms with E-state index in [1.165, 1.54) is 101 Å². The lowest BCUT2D eigenvalue weighted by Gasteiger charge is -2.19. The Kier molecular flexibility index (Phi) is 10.1. The highest BCUT2D eigenvalue weighted by Crippen LogP contribution is 2.44. The van der Waals surface area contributed by atoms with E-state index in [0.29, 0.717) is 0 Å². The van der Waals surface area contributed by atoms with Crippen molar-refractivity contribution in [3.63, 3.8) is 0 Å². The second-order valence-corrected chi connectivity index (χ2v) is 14.1. The lowest BCUT2D eigenvalue weighted by molar-refractivity contribution is 0.553. The molecule has 0 fully saturated rings. The number of aromatic nitrogens is 1.